The van der Waals surface area contributed by atoms with E-state index in [0.717, 1.165) is 12.1 Å². The molecule has 3 rings (SSSR count). The number of carbonyl (C=O) groups excluding carboxylic acids is 2. The first-order chi connectivity index (χ1) is 12.7. The Morgan fingerprint density at radius 2 is 1.81 bits per heavy atom. The zero-order valence-electron chi connectivity index (χ0n) is 16.1. The van der Waals surface area contributed by atoms with Gasteiger partial charge < -0.3 is 14.4 Å². The van der Waals surface area contributed by atoms with Crippen LogP contribution < -0.4 is 9.80 Å². The molecule has 0 saturated carbocycles. The van der Waals surface area contributed by atoms with E-state index in [1.165, 1.54) is 24.0 Å². The molecule has 0 aliphatic carbocycles. The fourth-order valence-electron chi connectivity index (χ4n) is 3.59. The van der Waals surface area contributed by atoms with Gasteiger partial charge in [0.15, 0.2) is 11.6 Å². The van der Waals surface area contributed by atoms with Crippen LogP contribution in [-0.2, 0) is 9.53 Å². The predicted molar refractivity (Wildman–Crippen MR) is 103 cm³/mol. The van der Waals surface area contributed by atoms with Gasteiger partial charge in [0.25, 0.3) is 0 Å². The minimum atomic E-state index is -1.24. The molecule has 1 atom stereocenters. The molecule has 8 heteroatoms. The number of hydrogen-bond acceptors (Lipinski definition) is 4. The number of halogens is 2. The first-order valence-electron chi connectivity index (χ1n) is 9.38. The molecule has 0 N–H and O–H groups in total. The van der Waals surface area contributed by atoms with Gasteiger partial charge in [-0.1, -0.05) is 13.1 Å². The van der Waals surface area contributed by atoms with Gasteiger partial charge in [0.1, 0.15) is 17.6 Å². The number of benzene rings is 1. The molecular formula is C19H26F2N2O3Si. The summed E-state index contributed by atoms with van der Waals surface area (Å²) in [5.74, 6) is -1.31. The summed E-state index contributed by atoms with van der Waals surface area (Å²) in [6.45, 7) is 7.57. The van der Waals surface area contributed by atoms with E-state index in [1.807, 2.05) is 0 Å². The molecule has 2 fully saturated rings. The zero-order chi connectivity index (χ0) is 19.8. The number of ketones is 1. The van der Waals surface area contributed by atoms with Crippen LogP contribution in [0, 0.1) is 11.6 Å². The molecule has 2 saturated heterocycles. The standard InChI is InChI=1S/C19H26F2N2O3Si/c1-13(24)4-5-15-12-23(19(25)26-15)14-10-16(20)18(17(21)11-14)22-6-8-27(2,3)9-7-22/h10-11,15H,4-9,12H2,1-3H3/t15-/m0/s1. The third kappa shape index (κ3) is 4.48. The molecule has 0 spiro atoms. The number of nitrogens with zero attached hydrogens (tertiary/aromatic N) is 2. The fraction of sp³-hybridized carbons (Fsp3) is 0.579. The average Bonchev–Trinajstić information content (AvgIpc) is 2.94. The van der Waals surface area contributed by atoms with Crippen molar-refractivity contribution in [2.45, 2.75) is 51.1 Å². The first-order valence-corrected chi connectivity index (χ1v) is 12.8. The fourth-order valence-corrected chi connectivity index (χ4v) is 5.59. The summed E-state index contributed by atoms with van der Waals surface area (Å²) in [6, 6.07) is 4.40. The topological polar surface area (TPSA) is 49.9 Å². The van der Waals surface area contributed by atoms with Gasteiger partial charge >= 0.3 is 6.09 Å². The van der Waals surface area contributed by atoms with Gasteiger partial charge in [-0.05, 0) is 25.4 Å². The maximum Gasteiger partial charge on any atom is 0.414 e. The normalized spacial score (nSPS) is 22.1. The quantitative estimate of drug-likeness (QED) is 0.701. The lowest BCUT2D eigenvalue weighted by molar-refractivity contribution is -0.117. The van der Waals surface area contributed by atoms with Crippen LogP contribution in [0.2, 0.25) is 25.2 Å². The highest BCUT2D eigenvalue weighted by Crippen LogP contribution is 2.34. The van der Waals surface area contributed by atoms with Crippen LogP contribution in [0.15, 0.2) is 12.1 Å². The summed E-state index contributed by atoms with van der Waals surface area (Å²) in [6.07, 6.45) is -0.363. The number of Topliss-reactive ketones (excluding diaryl/α,β-unsaturated/α-hetero) is 1. The molecule has 148 valence electrons. The van der Waals surface area contributed by atoms with Crippen molar-refractivity contribution in [1.82, 2.24) is 0 Å². The lowest BCUT2D eigenvalue weighted by atomic mass is 10.1. The van der Waals surface area contributed by atoms with Crippen molar-refractivity contribution in [3.8, 4) is 0 Å². The molecular weight excluding hydrogens is 370 g/mol. The minimum Gasteiger partial charge on any atom is -0.444 e. The van der Waals surface area contributed by atoms with Gasteiger partial charge in [-0.15, -0.1) is 0 Å². The van der Waals surface area contributed by atoms with Crippen molar-refractivity contribution < 1.29 is 23.1 Å². The number of amides is 1. The molecule has 1 aromatic carbocycles. The van der Waals surface area contributed by atoms with Crippen molar-refractivity contribution in [3.63, 3.8) is 0 Å². The minimum absolute atomic E-state index is 0.0102. The highest BCUT2D eigenvalue weighted by atomic mass is 28.3. The smallest absolute Gasteiger partial charge is 0.414 e. The number of carbonyl (C=O) groups is 2. The molecule has 0 bridgehead atoms. The number of anilines is 2. The molecule has 2 aliphatic heterocycles. The van der Waals surface area contributed by atoms with E-state index in [0.29, 0.717) is 25.9 Å². The molecule has 2 heterocycles. The maximum absolute atomic E-state index is 14.7. The van der Waals surface area contributed by atoms with E-state index in [9.17, 15) is 18.4 Å². The summed E-state index contributed by atoms with van der Waals surface area (Å²) in [4.78, 5) is 26.2. The third-order valence-electron chi connectivity index (χ3n) is 5.44. The summed E-state index contributed by atoms with van der Waals surface area (Å²) < 4.78 is 34.7. The molecule has 1 amide bonds. The number of cyclic esters (lactones) is 1. The summed E-state index contributed by atoms with van der Waals surface area (Å²) in [5.41, 5.74) is 0.139. The second kappa shape index (κ2) is 7.57. The van der Waals surface area contributed by atoms with E-state index in [4.69, 9.17) is 4.74 Å². The second-order valence-corrected chi connectivity index (χ2v) is 13.6. The van der Waals surface area contributed by atoms with Crippen LogP contribution in [0.4, 0.5) is 25.0 Å². The van der Waals surface area contributed by atoms with Crippen molar-refractivity contribution in [2.24, 2.45) is 0 Å². The lowest BCUT2D eigenvalue weighted by Crippen LogP contribution is -2.43. The maximum atomic E-state index is 14.7. The Balaban J connectivity index is 1.75. The first kappa shape index (κ1) is 19.8. The van der Waals surface area contributed by atoms with Crippen molar-refractivity contribution in [3.05, 3.63) is 23.8 Å². The monoisotopic (exact) mass is 396 g/mol. The van der Waals surface area contributed by atoms with Crippen LogP contribution in [0.1, 0.15) is 19.8 Å². The SMILES string of the molecule is CC(=O)CC[C@H]1CN(c2cc(F)c(N3CC[Si](C)(C)CC3)c(F)c2)C(=O)O1. The molecule has 0 radical (unpaired) electrons. The van der Waals surface area contributed by atoms with Gasteiger partial charge in [-0.25, -0.2) is 13.6 Å². The van der Waals surface area contributed by atoms with E-state index >= 15 is 0 Å². The summed E-state index contributed by atoms with van der Waals surface area (Å²) in [5, 5.41) is 0. The van der Waals surface area contributed by atoms with Gasteiger partial charge in [-0.2, -0.15) is 0 Å². The summed E-state index contributed by atoms with van der Waals surface area (Å²) in [7, 11) is -1.24. The molecule has 0 aromatic heterocycles. The van der Waals surface area contributed by atoms with Crippen molar-refractivity contribution in [2.75, 3.05) is 29.4 Å². The van der Waals surface area contributed by atoms with Gasteiger partial charge in [-0.3, -0.25) is 4.90 Å². The zero-order valence-corrected chi connectivity index (χ0v) is 17.1. The Hall–Kier alpha value is -1.96. The van der Waals surface area contributed by atoms with Crippen LogP contribution in [0.5, 0.6) is 0 Å². The predicted octanol–water partition coefficient (Wildman–Crippen LogP) is 4.19. The number of ether oxygens (including phenoxy) is 1. The molecule has 2 aliphatic rings. The molecule has 27 heavy (non-hydrogen) atoms. The highest BCUT2D eigenvalue weighted by Gasteiger charge is 2.34. The van der Waals surface area contributed by atoms with E-state index in [1.54, 1.807) is 4.90 Å². The Morgan fingerprint density at radius 1 is 1.22 bits per heavy atom. The Morgan fingerprint density at radius 3 is 2.37 bits per heavy atom. The third-order valence-corrected chi connectivity index (χ3v) is 8.59. The molecule has 1 aromatic rings. The Bertz CT molecular complexity index is 723. The Labute approximate surface area is 159 Å². The van der Waals surface area contributed by atoms with Crippen molar-refractivity contribution in [1.29, 1.82) is 0 Å². The van der Waals surface area contributed by atoms with Gasteiger partial charge in [0.2, 0.25) is 0 Å². The van der Waals surface area contributed by atoms with Crippen LogP contribution in [0.3, 0.4) is 0 Å². The van der Waals surface area contributed by atoms with Crippen LogP contribution >= 0.6 is 0 Å². The van der Waals surface area contributed by atoms with Crippen molar-refractivity contribution >= 4 is 31.3 Å². The van der Waals surface area contributed by atoms with E-state index < -0.39 is 31.9 Å². The average molecular weight is 397 g/mol. The van der Waals surface area contributed by atoms with Gasteiger partial charge in [0.05, 0.1) is 20.3 Å². The van der Waals surface area contributed by atoms with E-state index in [-0.39, 0.29) is 23.7 Å². The highest BCUT2D eigenvalue weighted by molar-refractivity contribution is 6.77. The number of rotatable bonds is 5. The lowest BCUT2D eigenvalue weighted by Gasteiger charge is -2.37. The second-order valence-electron chi connectivity index (χ2n) is 8.27. The number of hydrogen-bond donors (Lipinski definition) is 0. The van der Waals surface area contributed by atoms with E-state index in [2.05, 4.69) is 13.1 Å². The van der Waals surface area contributed by atoms with Crippen LogP contribution in [-0.4, -0.2) is 45.7 Å². The molecule has 5 nitrogen and oxygen atoms in total. The Kier molecular flexibility index (Phi) is 5.55. The van der Waals surface area contributed by atoms with Gasteiger partial charge in [0, 0.05) is 31.6 Å². The van der Waals surface area contributed by atoms with Crippen LogP contribution in [0.25, 0.3) is 0 Å². The largest absolute Gasteiger partial charge is 0.444 e. The summed E-state index contributed by atoms with van der Waals surface area (Å²) >= 11 is 0. The molecule has 0 unspecified atom stereocenters.